The van der Waals surface area contributed by atoms with Crippen LogP contribution in [0.25, 0.3) is 0 Å². The highest BCUT2D eigenvalue weighted by atomic mass is 79.9. The average molecular weight is 313 g/mol. The van der Waals surface area contributed by atoms with Crippen molar-refractivity contribution in [3.63, 3.8) is 0 Å². The molecule has 102 valence electrons. The number of rotatable bonds is 4. The lowest BCUT2D eigenvalue weighted by Crippen LogP contribution is -2.28. The van der Waals surface area contributed by atoms with Gasteiger partial charge in [-0.3, -0.25) is 4.68 Å². The molecule has 1 aromatic rings. The van der Waals surface area contributed by atoms with Crippen LogP contribution in [0.3, 0.4) is 0 Å². The predicted molar refractivity (Wildman–Crippen MR) is 79.9 cm³/mol. The summed E-state index contributed by atoms with van der Waals surface area (Å²) in [5.41, 5.74) is 1.36. The molecule has 1 aliphatic rings. The van der Waals surface area contributed by atoms with E-state index < -0.39 is 0 Å². The summed E-state index contributed by atoms with van der Waals surface area (Å²) in [4.78, 5) is 0.723. The molecule has 3 unspecified atom stereocenters. The fraction of sp³-hybridized carbons (Fsp3) is 0.800. The van der Waals surface area contributed by atoms with Crippen molar-refractivity contribution in [3.8, 4) is 0 Å². The molecule has 2 rings (SSSR count). The summed E-state index contributed by atoms with van der Waals surface area (Å²) in [6.07, 6.45) is 8.49. The highest BCUT2D eigenvalue weighted by Crippen LogP contribution is 2.39. The molecule has 1 heterocycles. The van der Waals surface area contributed by atoms with Crippen LogP contribution in [0.2, 0.25) is 0 Å². The summed E-state index contributed by atoms with van der Waals surface area (Å²) >= 11 is 3.89. The zero-order chi connectivity index (χ0) is 13.1. The molecule has 18 heavy (non-hydrogen) atoms. The fourth-order valence-corrected chi connectivity index (χ4v) is 3.89. The van der Waals surface area contributed by atoms with E-state index in [1.807, 2.05) is 17.9 Å². The number of alkyl halides is 1. The number of aromatic nitrogens is 2. The molecule has 0 bridgehead atoms. The van der Waals surface area contributed by atoms with Gasteiger partial charge in [-0.15, -0.1) is 0 Å². The molecule has 0 aromatic carbocycles. The second-order valence-electron chi connectivity index (χ2n) is 6.08. The van der Waals surface area contributed by atoms with Gasteiger partial charge in [0, 0.05) is 23.8 Å². The van der Waals surface area contributed by atoms with Crippen molar-refractivity contribution in [2.75, 3.05) is 0 Å². The normalized spacial score (nSPS) is 28.8. The Morgan fingerprint density at radius 3 is 2.83 bits per heavy atom. The summed E-state index contributed by atoms with van der Waals surface area (Å²) in [5.74, 6) is 2.60. The van der Waals surface area contributed by atoms with Crippen LogP contribution >= 0.6 is 15.9 Å². The van der Waals surface area contributed by atoms with Crippen LogP contribution in [-0.4, -0.2) is 14.6 Å². The first-order chi connectivity index (χ1) is 8.58. The van der Waals surface area contributed by atoms with E-state index >= 15 is 0 Å². The van der Waals surface area contributed by atoms with E-state index in [-0.39, 0.29) is 0 Å². The maximum atomic E-state index is 4.25. The van der Waals surface area contributed by atoms with Gasteiger partial charge in [-0.2, -0.15) is 5.10 Å². The largest absolute Gasteiger partial charge is 0.273 e. The molecule has 2 nitrogen and oxygen atoms in total. The minimum absolute atomic E-state index is 0.723. The quantitative estimate of drug-likeness (QED) is 0.762. The van der Waals surface area contributed by atoms with Crippen molar-refractivity contribution in [1.29, 1.82) is 0 Å². The van der Waals surface area contributed by atoms with E-state index in [0.717, 1.165) is 29.0 Å². The van der Waals surface area contributed by atoms with Crippen molar-refractivity contribution in [1.82, 2.24) is 9.78 Å². The Labute approximate surface area is 119 Å². The molecule has 0 radical (unpaired) electrons. The third-order valence-electron chi connectivity index (χ3n) is 4.57. The molecule has 1 saturated carbocycles. The topological polar surface area (TPSA) is 17.8 Å². The standard InChI is InChI=1S/C15H25BrN2/c1-11(2)12-5-7-15(16)13(10-12)4-6-14-8-9-17-18(14)3/h8-9,11-13,15H,4-7,10H2,1-3H3. The van der Waals surface area contributed by atoms with Crippen LogP contribution in [0.4, 0.5) is 0 Å². The van der Waals surface area contributed by atoms with Crippen molar-refractivity contribution < 1.29 is 0 Å². The summed E-state index contributed by atoms with van der Waals surface area (Å²) < 4.78 is 2.01. The SMILES string of the molecule is CC(C)C1CCC(Br)C(CCc2ccnn2C)C1. The number of aryl methyl sites for hydroxylation is 2. The van der Waals surface area contributed by atoms with Gasteiger partial charge in [0.15, 0.2) is 0 Å². The van der Waals surface area contributed by atoms with E-state index in [1.165, 1.54) is 31.4 Å². The molecule has 1 aliphatic carbocycles. The van der Waals surface area contributed by atoms with E-state index in [4.69, 9.17) is 0 Å². The number of nitrogens with zero attached hydrogens (tertiary/aromatic N) is 2. The first kappa shape index (κ1) is 14.1. The Morgan fingerprint density at radius 1 is 1.44 bits per heavy atom. The predicted octanol–water partition coefficient (Wildman–Crippen LogP) is 4.19. The Kier molecular flexibility index (Phi) is 4.88. The minimum Gasteiger partial charge on any atom is -0.273 e. The van der Waals surface area contributed by atoms with Crippen LogP contribution in [0.15, 0.2) is 12.3 Å². The van der Waals surface area contributed by atoms with E-state index in [9.17, 15) is 0 Å². The molecule has 3 heteroatoms. The van der Waals surface area contributed by atoms with Gasteiger partial charge in [0.2, 0.25) is 0 Å². The van der Waals surface area contributed by atoms with Gasteiger partial charge in [-0.1, -0.05) is 29.8 Å². The molecule has 0 amide bonds. The molecule has 0 spiro atoms. The third-order valence-corrected chi connectivity index (χ3v) is 5.77. The Hall–Kier alpha value is -0.310. The van der Waals surface area contributed by atoms with E-state index in [0.29, 0.717) is 0 Å². The van der Waals surface area contributed by atoms with E-state index in [1.54, 1.807) is 0 Å². The van der Waals surface area contributed by atoms with Gasteiger partial charge in [0.05, 0.1) is 0 Å². The first-order valence-electron chi connectivity index (χ1n) is 7.19. The van der Waals surface area contributed by atoms with Gasteiger partial charge in [-0.05, 0) is 55.9 Å². The smallest absolute Gasteiger partial charge is 0.0492 e. The molecule has 0 N–H and O–H groups in total. The maximum Gasteiger partial charge on any atom is 0.0492 e. The molecule has 0 aliphatic heterocycles. The lowest BCUT2D eigenvalue weighted by atomic mass is 9.74. The number of hydrogen-bond donors (Lipinski definition) is 0. The number of halogens is 1. The Morgan fingerprint density at radius 2 is 2.22 bits per heavy atom. The van der Waals surface area contributed by atoms with Crippen molar-refractivity contribution >= 4 is 15.9 Å². The zero-order valence-corrected chi connectivity index (χ0v) is 13.4. The van der Waals surface area contributed by atoms with Gasteiger partial charge >= 0.3 is 0 Å². The minimum atomic E-state index is 0.723. The average Bonchev–Trinajstić information content (AvgIpc) is 2.73. The first-order valence-corrected chi connectivity index (χ1v) is 8.10. The molecule has 1 fully saturated rings. The summed E-state index contributed by atoms with van der Waals surface area (Å²) in [5, 5.41) is 4.25. The van der Waals surface area contributed by atoms with Crippen molar-refractivity contribution in [2.45, 2.75) is 50.8 Å². The molecular weight excluding hydrogens is 288 g/mol. The highest BCUT2D eigenvalue weighted by Gasteiger charge is 2.30. The van der Waals surface area contributed by atoms with Crippen molar-refractivity contribution in [3.05, 3.63) is 18.0 Å². The third kappa shape index (κ3) is 3.37. The second-order valence-corrected chi connectivity index (χ2v) is 7.25. The van der Waals surface area contributed by atoms with Crippen molar-refractivity contribution in [2.24, 2.45) is 24.8 Å². The van der Waals surface area contributed by atoms with Crippen LogP contribution in [0, 0.1) is 17.8 Å². The number of hydrogen-bond acceptors (Lipinski definition) is 1. The van der Waals surface area contributed by atoms with Crippen LogP contribution < -0.4 is 0 Å². The molecule has 1 aromatic heterocycles. The summed E-state index contributed by atoms with van der Waals surface area (Å²) in [6.45, 7) is 4.74. The second kappa shape index (κ2) is 6.23. The van der Waals surface area contributed by atoms with Gasteiger partial charge in [0.1, 0.15) is 0 Å². The van der Waals surface area contributed by atoms with Crippen LogP contribution in [-0.2, 0) is 13.5 Å². The van der Waals surface area contributed by atoms with Gasteiger partial charge < -0.3 is 0 Å². The maximum absolute atomic E-state index is 4.25. The molecular formula is C15H25BrN2. The fourth-order valence-electron chi connectivity index (χ4n) is 3.15. The van der Waals surface area contributed by atoms with Gasteiger partial charge in [-0.25, -0.2) is 0 Å². The lowest BCUT2D eigenvalue weighted by Gasteiger charge is -2.35. The highest BCUT2D eigenvalue weighted by molar-refractivity contribution is 9.09. The zero-order valence-electron chi connectivity index (χ0n) is 11.8. The van der Waals surface area contributed by atoms with E-state index in [2.05, 4.69) is 40.9 Å². The van der Waals surface area contributed by atoms with Crippen LogP contribution in [0.5, 0.6) is 0 Å². The van der Waals surface area contributed by atoms with Gasteiger partial charge in [0.25, 0.3) is 0 Å². The Balaban J connectivity index is 1.89. The summed E-state index contributed by atoms with van der Waals surface area (Å²) in [6, 6.07) is 2.14. The Bertz CT molecular complexity index is 372. The summed E-state index contributed by atoms with van der Waals surface area (Å²) in [7, 11) is 2.04. The molecule has 3 atom stereocenters. The van der Waals surface area contributed by atoms with Crippen LogP contribution in [0.1, 0.15) is 45.2 Å². The monoisotopic (exact) mass is 312 g/mol. The molecule has 0 saturated heterocycles. The lowest BCUT2D eigenvalue weighted by molar-refractivity contribution is 0.215.